The zero-order valence-electron chi connectivity index (χ0n) is 11.4. The lowest BCUT2D eigenvalue weighted by Crippen LogP contribution is -2.35. The van der Waals surface area contributed by atoms with Gasteiger partial charge in [-0.15, -0.1) is 0 Å². The summed E-state index contributed by atoms with van der Waals surface area (Å²) in [6.45, 7) is 0. The molecule has 0 spiro atoms. The minimum Gasteiger partial charge on any atom is -0.331 e. The van der Waals surface area contributed by atoms with E-state index in [0.717, 1.165) is 38.4 Å². The van der Waals surface area contributed by atoms with E-state index in [4.69, 9.17) is 14.2 Å². The van der Waals surface area contributed by atoms with Crippen molar-refractivity contribution in [1.29, 1.82) is 0 Å². The fraction of sp³-hybridized carbons (Fsp3) is 0.923. The molecule has 0 unspecified atom stereocenters. The van der Waals surface area contributed by atoms with Crippen LogP contribution in [0.2, 0.25) is 0 Å². The standard InChI is InChI=1S/C13H26O4/c1-15-13(16-2,17-3)11-9-7-5-4-6-8-10-12-14/h12H,4-11H2,1-3H3. The van der Waals surface area contributed by atoms with Crippen molar-refractivity contribution in [3.63, 3.8) is 0 Å². The van der Waals surface area contributed by atoms with Gasteiger partial charge in [0.1, 0.15) is 6.29 Å². The molecule has 0 aliphatic carbocycles. The number of carbonyl (C=O) groups excluding carboxylic acids is 1. The van der Waals surface area contributed by atoms with Crippen molar-refractivity contribution in [2.45, 2.75) is 57.3 Å². The van der Waals surface area contributed by atoms with Crippen molar-refractivity contribution < 1.29 is 19.0 Å². The SMILES string of the molecule is COC(CCCCCCCCC=O)(OC)OC. The molecule has 0 bridgehead atoms. The summed E-state index contributed by atoms with van der Waals surface area (Å²) in [5, 5.41) is 0. The highest BCUT2D eigenvalue weighted by molar-refractivity contribution is 5.48. The molecule has 0 aromatic carbocycles. The van der Waals surface area contributed by atoms with Gasteiger partial charge in [-0.2, -0.15) is 0 Å². The van der Waals surface area contributed by atoms with Crippen LogP contribution in [-0.2, 0) is 19.0 Å². The normalized spacial score (nSPS) is 11.7. The maximum Gasteiger partial charge on any atom is 0.282 e. The van der Waals surface area contributed by atoms with Gasteiger partial charge in [-0.3, -0.25) is 0 Å². The lowest BCUT2D eigenvalue weighted by atomic mass is 10.1. The van der Waals surface area contributed by atoms with Crippen molar-refractivity contribution in [3.8, 4) is 0 Å². The zero-order chi connectivity index (χ0) is 13.0. The quantitative estimate of drug-likeness (QED) is 0.302. The molecule has 17 heavy (non-hydrogen) atoms. The van der Waals surface area contributed by atoms with Gasteiger partial charge in [-0.25, -0.2) is 0 Å². The van der Waals surface area contributed by atoms with Crippen molar-refractivity contribution in [3.05, 3.63) is 0 Å². The third-order valence-corrected chi connectivity index (χ3v) is 2.99. The molecule has 0 N–H and O–H groups in total. The Morgan fingerprint density at radius 1 is 0.824 bits per heavy atom. The number of unbranched alkanes of at least 4 members (excludes halogenated alkanes) is 6. The molecule has 0 rings (SSSR count). The Hall–Kier alpha value is -0.450. The molecule has 0 aromatic rings. The summed E-state index contributed by atoms with van der Waals surface area (Å²) in [5.74, 6) is -0.877. The number of carbonyl (C=O) groups is 1. The summed E-state index contributed by atoms with van der Waals surface area (Å²) in [5.41, 5.74) is 0. The average Bonchev–Trinajstić information content (AvgIpc) is 2.38. The lowest BCUT2D eigenvalue weighted by Gasteiger charge is -2.28. The number of aldehydes is 1. The van der Waals surface area contributed by atoms with Gasteiger partial charge in [-0.05, 0) is 12.8 Å². The van der Waals surface area contributed by atoms with E-state index < -0.39 is 5.97 Å². The van der Waals surface area contributed by atoms with Crippen molar-refractivity contribution in [1.82, 2.24) is 0 Å². The summed E-state index contributed by atoms with van der Waals surface area (Å²) in [6, 6.07) is 0. The number of ether oxygens (including phenoxy) is 3. The molecule has 0 saturated heterocycles. The Kier molecular flexibility index (Phi) is 10.4. The summed E-state index contributed by atoms with van der Waals surface area (Å²) in [6.07, 6.45) is 9.11. The van der Waals surface area contributed by atoms with Crippen LogP contribution < -0.4 is 0 Å². The third kappa shape index (κ3) is 7.47. The summed E-state index contributed by atoms with van der Waals surface area (Å²) in [7, 11) is 4.77. The Bertz CT molecular complexity index is 170. The predicted octanol–water partition coefficient (Wildman–Crippen LogP) is 2.90. The Labute approximate surface area is 105 Å². The minimum atomic E-state index is -0.877. The highest BCUT2D eigenvalue weighted by Gasteiger charge is 2.28. The molecule has 0 fully saturated rings. The van der Waals surface area contributed by atoms with E-state index in [2.05, 4.69) is 0 Å². The molecule has 0 aliphatic rings. The first-order chi connectivity index (χ1) is 8.24. The Balaban J connectivity index is 3.46. The number of hydrogen-bond donors (Lipinski definition) is 0. The molecule has 4 nitrogen and oxygen atoms in total. The van der Waals surface area contributed by atoms with Gasteiger partial charge in [-0.1, -0.05) is 25.7 Å². The lowest BCUT2D eigenvalue weighted by molar-refractivity contribution is -0.355. The fourth-order valence-corrected chi connectivity index (χ4v) is 1.83. The van der Waals surface area contributed by atoms with E-state index in [1.807, 2.05) is 0 Å². The highest BCUT2D eigenvalue weighted by Crippen LogP contribution is 2.21. The maximum absolute atomic E-state index is 10.1. The Morgan fingerprint density at radius 2 is 1.29 bits per heavy atom. The summed E-state index contributed by atoms with van der Waals surface area (Å²) in [4.78, 5) is 10.1. The second-order valence-electron chi connectivity index (χ2n) is 4.12. The fourth-order valence-electron chi connectivity index (χ4n) is 1.83. The van der Waals surface area contributed by atoms with Gasteiger partial charge in [0.15, 0.2) is 0 Å². The first-order valence-electron chi connectivity index (χ1n) is 6.33. The summed E-state index contributed by atoms with van der Waals surface area (Å²) < 4.78 is 15.6. The molecule has 0 saturated carbocycles. The van der Waals surface area contributed by atoms with Crippen LogP contribution in [0.5, 0.6) is 0 Å². The van der Waals surface area contributed by atoms with E-state index in [0.29, 0.717) is 6.42 Å². The Morgan fingerprint density at radius 3 is 1.76 bits per heavy atom. The molecule has 102 valence electrons. The molecule has 0 radical (unpaired) electrons. The van der Waals surface area contributed by atoms with Crippen LogP contribution in [0.25, 0.3) is 0 Å². The van der Waals surface area contributed by atoms with E-state index >= 15 is 0 Å². The smallest absolute Gasteiger partial charge is 0.282 e. The second-order valence-corrected chi connectivity index (χ2v) is 4.12. The molecule has 0 amide bonds. The molecular weight excluding hydrogens is 220 g/mol. The van der Waals surface area contributed by atoms with Gasteiger partial charge in [0, 0.05) is 34.2 Å². The molecule has 4 heteroatoms. The van der Waals surface area contributed by atoms with Gasteiger partial charge in [0.25, 0.3) is 5.97 Å². The average molecular weight is 246 g/mol. The first-order valence-corrected chi connectivity index (χ1v) is 6.33. The minimum absolute atomic E-state index is 0.695. The van der Waals surface area contributed by atoms with Gasteiger partial charge in [0.05, 0.1) is 0 Å². The van der Waals surface area contributed by atoms with Crippen LogP contribution in [0.3, 0.4) is 0 Å². The van der Waals surface area contributed by atoms with Crippen LogP contribution in [0, 0.1) is 0 Å². The summed E-state index contributed by atoms with van der Waals surface area (Å²) >= 11 is 0. The number of methoxy groups -OCH3 is 3. The molecule has 0 aliphatic heterocycles. The molecule has 0 aromatic heterocycles. The topological polar surface area (TPSA) is 44.8 Å². The van der Waals surface area contributed by atoms with E-state index in [1.165, 1.54) is 12.8 Å². The van der Waals surface area contributed by atoms with Gasteiger partial charge < -0.3 is 19.0 Å². The van der Waals surface area contributed by atoms with Crippen LogP contribution in [0.15, 0.2) is 0 Å². The van der Waals surface area contributed by atoms with Crippen LogP contribution >= 0.6 is 0 Å². The molecule has 0 heterocycles. The van der Waals surface area contributed by atoms with Gasteiger partial charge in [0.2, 0.25) is 0 Å². The second kappa shape index (κ2) is 10.7. The van der Waals surface area contributed by atoms with Crippen molar-refractivity contribution in [2.24, 2.45) is 0 Å². The highest BCUT2D eigenvalue weighted by atomic mass is 16.9. The maximum atomic E-state index is 10.1. The van der Waals surface area contributed by atoms with Gasteiger partial charge >= 0.3 is 0 Å². The van der Waals surface area contributed by atoms with E-state index in [-0.39, 0.29) is 0 Å². The molecule has 0 atom stereocenters. The van der Waals surface area contributed by atoms with E-state index in [1.54, 1.807) is 21.3 Å². The predicted molar refractivity (Wildman–Crippen MR) is 66.8 cm³/mol. The largest absolute Gasteiger partial charge is 0.331 e. The third-order valence-electron chi connectivity index (χ3n) is 2.99. The van der Waals surface area contributed by atoms with Crippen LogP contribution in [0.1, 0.15) is 51.4 Å². The van der Waals surface area contributed by atoms with E-state index in [9.17, 15) is 4.79 Å². The van der Waals surface area contributed by atoms with Crippen molar-refractivity contribution in [2.75, 3.05) is 21.3 Å². The van der Waals surface area contributed by atoms with Crippen LogP contribution in [-0.4, -0.2) is 33.6 Å². The molecular formula is C13H26O4. The monoisotopic (exact) mass is 246 g/mol. The van der Waals surface area contributed by atoms with Crippen molar-refractivity contribution >= 4 is 6.29 Å². The number of hydrogen-bond acceptors (Lipinski definition) is 4. The number of rotatable bonds is 12. The first kappa shape index (κ1) is 16.6. The van der Waals surface area contributed by atoms with Crippen LogP contribution in [0.4, 0.5) is 0 Å². The zero-order valence-corrected chi connectivity index (χ0v) is 11.4.